The molecule has 0 aliphatic carbocycles. The molecule has 0 bridgehead atoms. The van der Waals surface area contributed by atoms with Crippen LogP contribution in [0.25, 0.3) is 0 Å². The monoisotopic (exact) mass is 291 g/mol. The summed E-state index contributed by atoms with van der Waals surface area (Å²) < 4.78 is 51.5. The first-order chi connectivity index (χ1) is 9.29. The first kappa shape index (κ1) is 17.0. The van der Waals surface area contributed by atoms with Gasteiger partial charge < -0.3 is 5.32 Å². The van der Waals surface area contributed by atoms with Gasteiger partial charge in [0.25, 0.3) is 0 Å². The third kappa shape index (κ3) is 4.47. The van der Waals surface area contributed by atoms with Crippen LogP contribution in [0.4, 0.5) is 17.6 Å². The molecule has 2 unspecified atom stereocenters. The zero-order chi connectivity index (χ0) is 15.3. The van der Waals surface area contributed by atoms with Crippen LogP contribution in [0.1, 0.15) is 50.8 Å². The van der Waals surface area contributed by atoms with E-state index in [9.17, 15) is 17.6 Å². The summed E-state index contributed by atoms with van der Waals surface area (Å²) in [4.78, 5) is 0. The second kappa shape index (κ2) is 7.07. The number of halogens is 4. The van der Waals surface area contributed by atoms with E-state index in [1.807, 2.05) is 13.8 Å². The smallest absolute Gasteiger partial charge is 0.310 e. The molecule has 1 aromatic rings. The van der Waals surface area contributed by atoms with Crippen LogP contribution < -0.4 is 5.32 Å². The summed E-state index contributed by atoms with van der Waals surface area (Å²) in [6.45, 7) is 6.65. The molecule has 0 amide bonds. The fourth-order valence-corrected chi connectivity index (χ4v) is 2.13. The van der Waals surface area contributed by atoms with E-state index in [1.165, 1.54) is 6.07 Å². The molecule has 0 radical (unpaired) electrons. The zero-order valence-corrected chi connectivity index (χ0v) is 12.0. The van der Waals surface area contributed by atoms with Gasteiger partial charge in [0.05, 0.1) is 5.56 Å². The Morgan fingerprint density at radius 2 is 1.85 bits per heavy atom. The van der Waals surface area contributed by atoms with Gasteiger partial charge in [0.2, 0.25) is 0 Å². The van der Waals surface area contributed by atoms with Crippen LogP contribution in [0.5, 0.6) is 0 Å². The summed E-state index contributed by atoms with van der Waals surface area (Å²) in [7, 11) is 0. The van der Waals surface area contributed by atoms with Crippen LogP contribution in [0, 0.1) is 11.7 Å². The van der Waals surface area contributed by atoms with Crippen LogP contribution in [0.15, 0.2) is 18.2 Å². The molecular weight excluding hydrogens is 270 g/mol. The van der Waals surface area contributed by atoms with Gasteiger partial charge in [-0.2, -0.15) is 13.2 Å². The van der Waals surface area contributed by atoms with Crippen molar-refractivity contribution in [1.82, 2.24) is 5.32 Å². The number of alkyl halides is 3. The number of hydrogen-bond donors (Lipinski definition) is 1. The van der Waals surface area contributed by atoms with Crippen LogP contribution in [0.3, 0.4) is 0 Å². The second-order valence-corrected chi connectivity index (χ2v) is 5.10. The van der Waals surface area contributed by atoms with Crippen molar-refractivity contribution in [2.75, 3.05) is 6.54 Å². The molecule has 20 heavy (non-hydrogen) atoms. The molecule has 0 spiro atoms. The van der Waals surface area contributed by atoms with E-state index in [4.69, 9.17) is 0 Å². The summed E-state index contributed by atoms with van der Waals surface area (Å²) in [5, 5.41) is 3.17. The maximum atomic E-state index is 13.3. The molecule has 0 aromatic heterocycles. The van der Waals surface area contributed by atoms with Gasteiger partial charge in [-0.05, 0) is 36.6 Å². The minimum Gasteiger partial charge on any atom is -0.310 e. The quantitative estimate of drug-likeness (QED) is 0.733. The van der Waals surface area contributed by atoms with E-state index >= 15 is 0 Å². The van der Waals surface area contributed by atoms with Gasteiger partial charge in [-0.3, -0.25) is 0 Å². The van der Waals surface area contributed by atoms with Gasteiger partial charge >= 0.3 is 6.18 Å². The normalized spacial score (nSPS) is 15.2. The highest BCUT2D eigenvalue weighted by molar-refractivity contribution is 5.29. The van der Waals surface area contributed by atoms with E-state index in [0.29, 0.717) is 18.0 Å². The van der Waals surface area contributed by atoms with E-state index in [2.05, 4.69) is 12.2 Å². The Balaban J connectivity index is 3.08. The maximum absolute atomic E-state index is 13.3. The SMILES string of the molecule is CCNC(CC(C)CC)c1ccc(F)c(C(F)(F)F)c1. The summed E-state index contributed by atoms with van der Waals surface area (Å²) in [5.74, 6) is -0.835. The van der Waals surface area contributed by atoms with Crippen molar-refractivity contribution in [3.63, 3.8) is 0 Å². The Labute approximate surface area is 117 Å². The maximum Gasteiger partial charge on any atom is 0.419 e. The summed E-state index contributed by atoms with van der Waals surface area (Å²) in [6, 6.07) is 3.07. The van der Waals surface area contributed by atoms with E-state index in [0.717, 1.165) is 25.0 Å². The molecule has 0 fully saturated rings. The lowest BCUT2D eigenvalue weighted by molar-refractivity contribution is -0.140. The predicted molar refractivity (Wildman–Crippen MR) is 71.9 cm³/mol. The molecule has 1 aromatic carbocycles. The predicted octanol–water partition coefficient (Wildman–Crippen LogP) is 4.93. The first-order valence-electron chi connectivity index (χ1n) is 6.89. The molecule has 5 heteroatoms. The highest BCUT2D eigenvalue weighted by atomic mass is 19.4. The average Bonchev–Trinajstić information content (AvgIpc) is 2.37. The number of nitrogens with one attached hydrogen (secondary N) is 1. The standard InChI is InChI=1S/C15H21F4N/c1-4-10(3)8-14(20-5-2)11-6-7-13(16)12(9-11)15(17,18)19/h6-7,9-10,14,20H,4-5,8H2,1-3H3. The Bertz CT molecular complexity index is 428. The molecule has 1 N–H and O–H groups in total. The minimum atomic E-state index is -4.66. The third-order valence-corrected chi connectivity index (χ3v) is 3.48. The van der Waals surface area contributed by atoms with E-state index < -0.39 is 17.6 Å². The molecule has 0 saturated heterocycles. The Morgan fingerprint density at radius 3 is 2.35 bits per heavy atom. The Kier molecular flexibility index (Phi) is 5.99. The molecule has 0 heterocycles. The number of hydrogen-bond acceptors (Lipinski definition) is 1. The Morgan fingerprint density at radius 1 is 1.20 bits per heavy atom. The molecule has 114 valence electrons. The fourth-order valence-electron chi connectivity index (χ4n) is 2.13. The Hall–Kier alpha value is -1.10. The first-order valence-corrected chi connectivity index (χ1v) is 6.89. The van der Waals surface area contributed by atoms with E-state index in [-0.39, 0.29) is 6.04 Å². The summed E-state index contributed by atoms with van der Waals surface area (Å²) in [6.07, 6.45) is -2.98. The van der Waals surface area contributed by atoms with Crippen molar-refractivity contribution in [3.05, 3.63) is 35.1 Å². The largest absolute Gasteiger partial charge is 0.419 e. The lowest BCUT2D eigenvalue weighted by Crippen LogP contribution is -2.23. The molecular formula is C15H21F4N. The van der Waals surface area contributed by atoms with Crippen molar-refractivity contribution in [3.8, 4) is 0 Å². The summed E-state index contributed by atoms with van der Waals surface area (Å²) in [5.41, 5.74) is -0.706. The highest BCUT2D eigenvalue weighted by Gasteiger charge is 2.34. The molecule has 2 atom stereocenters. The lowest BCUT2D eigenvalue weighted by atomic mass is 9.93. The van der Waals surface area contributed by atoms with Crippen LogP contribution >= 0.6 is 0 Å². The molecule has 1 rings (SSSR count). The van der Waals surface area contributed by atoms with Gasteiger partial charge in [-0.15, -0.1) is 0 Å². The minimum absolute atomic E-state index is 0.184. The number of benzene rings is 1. The van der Waals surface area contributed by atoms with E-state index in [1.54, 1.807) is 0 Å². The van der Waals surface area contributed by atoms with Gasteiger partial charge in [0, 0.05) is 6.04 Å². The van der Waals surface area contributed by atoms with Gasteiger partial charge in [-0.25, -0.2) is 4.39 Å². The van der Waals surface area contributed by atoms with Crippen molar-refractivity contribution < 1.29 is 17.6 Å². The van der Waals surface area contributed by atoms with Gasteiger partial charge in [0.15, 0.2) is 0 Å². The zero-order valence-electron chi connectivity index (χ0n) is 12.0. The molecule has 0 aliphatic rings. The molecule has 0 aliphatic heterocycles. The van der Waals surface area contributed by atoms with Crippen LogP contribution in [-0.2, 0) is 6.18 Å². The molecule has 1 nitrogen and oxygen atoms in total. The molecule has 0 saturated carbocycles. The summed E-state index contributed by atoms with van der Waals surface area (Å²) >= 11 is 0. The van der Waals surface area contributed by atoms with Crippen molar-refractivity contribution in [2.24, 2.45) is 5.92 Å². The van der Waals surface area contributed by atoms with Crippen LogP contribution in [-0.4, -0.2) is 6.54 Å². The van der Waals surface area contributed by atoms with Gasteiger partial charge in [-0.1, -0.05) is 33.3 Å². The second-order valence-electron chi connectivity index (χ2n) is 5.10. The fraction of sp³-hybridized carbons (Fsp3) is 0.600. The van der Waals surface area contributed by atoms with Crippen molar-refractivity contribution in [2.45, 2.75) is 45.8 Å². The average molecular weight is 291 g/mol. The van der Waals surface area contributed by atoms with Crippen molar-refractivity contribution >= 4 is 0 Å². The van der Waals surface area contributed by atoms with Gasteiger partial charge in [0.1, 0.15) is 5.82 Å². The topological polar surface area (TPSA) is 12.0 Å². The lowest BCUT2D eigenvalue weighted by Gasteiger charge is -2.22. The highest BCUT2D eigenvalue weighted by Crippen LogP contribution is 2.34. The van der Waals surface area contributed by atoms with Crippen molar-refractivity contribution in [1.29, 1.82) is 0 Å². The third-order valence-electron chi connectivity index (χ3n) is 3.48. The van der Waals surface area contributed by atoms with Crippen LogP contribution in [0.2, 0.25) is 0 Å². The number of rotatable bonds is 6.